The maximum absolute atomic E-state index is 10.0. The minimum absolute atomic E-state index is 0.0539. The molecule has 1 atom stereocenters. The molecule has 0 aromatic heterocycles. The summed E-state index contributed by atoms with van der Waals surface area (Å²) in [5.41, 5.74) is 9.69. The molecule has 1 aliphatic rings. The Labute approximate surface area is 131 Å². The van der Waals surface area contributed by atoms with Gasteiger partial charge in [-0.15, -0.1) is 0 Å². The van der Waals surface area contributed by atoms with E-state index in [0.29, 0.717) is 12.3 Å². The van der Waals surface area contributed by atoms with E-state index in [1.54, 1.807) is 19.2 Å². The Morgan fingerprint density at radius 3 is 2.82 bits per heavy atom. The number of methoxy groups -OCH3 is 1. The van der Waals surface area contributed by atoms with Gasteiger partial charge in [0.2, 0.25) is 0 Å². The summed E-state index contributed by atoms with van der Waals surface area (Å²) in [6.45, 7) is 1.48. The first-order valence-corrected chi connectivity index (χ1v) is 7.66. The lowest BCUT2D eigenvalue weighted by Crippen LogP contribution is -2.37. The van der Waals surface area contributed by atoms with E-state index in [4.69, 9.17) is 10.5 Å². The van der Waals surface area contributed by atoms with Crippen molar-refractivity contribution < 1.29 is 9.84 Å². The lowest BCUT2D eigenvalue weighted by atomic mass is 9.97. The number of aryl methyl sites for hydroxylation is 1. The summed E-state index contributed by atoms with van der Waals surface area (Å²) in [7, 11) is 1.55. The molecule has 4 nitrogen and oxygen atoms in total. The summed E-state index contributed by atoms with van der Waals surface area (Å²) in [6, 6.07) is 14.1. The number of nitrogens with two attached hydrogens (primary N) is 1. The van der Waals surface area contributed by atoms with Gasteiger partial charge in [0, 0.05) is 18.8 Å². The fourth-order valence-corrected chi connectivity index (χ4v) is 3.24. The van der Waals surface area contributed by atoms with Gasteiger partial charge in [-0.3, -0.25) is 0 Å². The lowest BCUT2D eigenvalue weighted by Gasteiger charge is -2.38. The molecule has 0 spiro atoms. The third-order valence-electron chi connectivity index (χ3n) is 4.33. The van der Waals surface area contributed by atoms with E-state index in [-0.39, 0.29) is 11.8 Å². The number of hydrogen-bond donors (Lipinski definition) is 2. The monoisotopic (exact) mass is 298 g/mol. The summed E-state index contributed by atoms with van der Waals surface area (Å²) in [5.74, 6) is 0.641. The van der Waals surface area contributed by atoms with Gasteiger partial charge in [0.1, 0.15) is 0 Å². The zero-order valence-corrected chi connectivity index (χ0v) is 12.8. The fraction of sp³-hybridized carbons (Fsp3) is 0.333. The first-order valence-electron chi connectivity index (χ1n) is 7.66. The maximum atomic E-state index is 10.0. The van der Waals surface area contributed by atoms with Crippen molar-refractivity contribution in [3.05, 3.63) is 53.6 Å². The molecular formula is C18H22N2O2. The summed E-state index contributed by atoms with van der Waals surface area (Å²) in [5, 5.41) is 10.0. The number of ether oxygens (including phenoxy) is 1. The highest BCUT2D eigenvalue weighted by Crippen LogP contribution is 2.36. The van der Waals surface area contributed by atoms with Crippen LogP contribution in [0.5, 0.6) is 11.5 Å². The molecule has 3 rings (SSSR count). The number of para-hydroxylation sites is 1. The van der Waals surface area contributed by atoms with E-state index < -0.39 is 0 Å². The molecule has 0 amide bonds. The molecule has 1 heterocycles. The number of aromatic hydroxyl groups is 1. The van der Waals surface area contributed by atoms with Crippen LogP contribution in [0.4, 0.5) is 5.69 Å². The smallest absolute Gasteiger partial charge is 0.160 e. The Morgan fingerprint density at radius 1 is 1.27 bits per heavy atom. The molecule has 0 saturated heterocycles. The van der Waals surface area contributed by atoms with Crippen LogP contribution in [-0.4, -0.2) is 25.3 Å². The zero-order valence-electron chi connectivity index (χ0n) is 12.8. The number of rotatable bonds is 4. The third kappa shape index (κ3) is 2.62. The van der Waals surface area contributed by atoms with Gasteiger partial charge in [0.05, 0.1) is 13.2 Å². The summed E-state index contributed by atoms with van der Waals surface area (Å²) in [4.78, 5) is 2.35. The van der Waals surface area contributed by atoms with Gasteiger partial charge < -0.3 is 20.5 Å². The molecule has 0 fully saturated rings. The average Bonchev–Trinajstić information content (AvgIpc) is 2.56. The van der Waals surface area contributed by atoms with Gasteiger partial charge >= 0.3 is 0 Å². The van der Waals surface area contributed by atoms with E-state index >= 15 is 0 Å². The second-order valence-electron chi connectivity index (χ2n) is 5.61. The molecule has 0 bridgehead atoms. The SMILES string of the molecule is COc1ccc(C(CN)N2CCCc3ccccc32)cc1O. The van der Waals surface area contributed by atoms with E-state index in [9.17, 15) is 5.11 Å². The van der Waals surface area contributed by atoms with Crippen molar-refractivity contribution in [2.24, 2.45) is 5.73 Å². The predicted octanol–water partition coefficient (Wildman–Crippen LogP) is 2.85. The molecule has 0 aliphatic carbocycles. The van der Waals surface area contributed by atoms with Crippen LogP contribution in [0.25, 0.3) is 0 Å². The highest BCUT2D eigenvalue weighted by atomic mass is 16.5. The fourth-order valence-electron chi connectivity index (χ4n) is 3.24. The maximum Gasteiger partial charge on any atom is 0.160 e. The second kappa shape index (κ2) is 6.28. The molecule has 2 aromatic carbocycles. The van der Waals surface area contributed by atoms with Gasteiger partial charge in [0.15, 0.2) is 11.5 Å². The van der Waals surface area contributed by atoms with Crippen LogP contribution in [-0.2, 0) is 6.42 Å². The zero-order chi connectivity index (χ0) is 15.5. The number of phenolic OH excluding ortho intramolecular Hbond substituents is 1. The van der Waals surface area contributed by atoms with Gasteiger partial charge in [-0.2, -0.15) is 0 Å². The van der Waals surface area contributed by atoms with E-state index in [1.165, 1.54) is 11.3 Å². The number of benzene rings is 2. The number of fused-ring (bicyclic) bond motifs is 1. The molecule has 1 unspecified atom stereocenters. The number of phenols is 1. The first kappa shape index (κ1) is 14.7. The van der Waals surface area contributed by atoms with Crippen LogP contribution in [0.1, 0.15) is 23.6 Å². The van der Waals surface area contributed by atoms with Gasteiger partial charge in [-0.05, 0) is 42.2 Å². The molecule has 1 aliphatic heterocycles. The minimum atomic E-state index is 0.0539. The van der Waals surface area contributed by atoms with Gasteiger partial charge in [-0.1, -0.05) is 24.3 Å². The van der Waals surface area contributed by atoms with Gasteiger partial charge in [-0.25, -0.2) is 0 Å². The van der Waals surface area contributed by atoms with Gasteiger partial charge in [0.25, 0.3) is 0 Å². The molecule has 0 saturated carbocycles. The Hall–Kier alpha value is -2.20. The third-order valence-corrected chi connectivity index (χ3v) is 4.33. The molecule has 2 aromatic rings. The highest BCUT2D eigenvalue weighted by Gasteiger charge is 2.25. The second-order valence-corrected chi connectivity index (χ2v) is 5.61. The quantitative estimate of drug-likeness (QED) is 0.911. The van der Waals surface area contributed by atoms with Crippen LogP contribution in [0.2, 0.25) is 0 Å². The number of anilines is 1. The van der Waals surface area contributed by atoms with E-state index in [0.717, 1.165) is 24.9 Å². The average molecular weight is 298 g/mol. The van der Waals surface area contributed by atoms with Crippen molar-refractivity contribution in [3.63, 3.8) is 0 Å². The lowest BCUT2D eigenvalue weighted by molar-refractivity contribution is 0.372. The molecule has 4 heteroatoms. The van der Waals surface area contributed by atoms with Crippen molar-refractivity contribution in [2.45, 2.75) is 18.9 Å². The Bertz CT molecular complexity index is 657. The van der Waals surface area contributed by atoms with Crippen molar-refractivity contribution >= 4 is 5.69 Å². The van der Waals surface area contributed by atoms with Crippen LogP contribution < -0.4 is 15.4 Å². The summed E-state index contributed by atoms with van der Waals surface area (Å²) in [6.07, 6.45) is 2.23. The molecular weight excluding hydrogens is 276 g/mol. The van der Waals surface area contributed by atoms with Crippen LogP contribution >= 0.6 is 0 Å². The van der Waals surface area contributed by atoms with E-state index in [2.05, 4.69) is 29.2 Å². The molecule has 116 valence electrons. The molecule has 0 radical (unpaired) electrons. The molecule has 3 N–H and O–H groups in total. The largest absolute Gasteiger partial charge is 0.504 e. The van der Waals surface area contributed by atoms with Crippen LogP contribution in [0.15, 0.2) is 42.5 Å². The standard InChI is InChI=1S/C18H22N2O2/c1-22-18-9-8-14(11-17(18)21)16(12-19)20-10-4-6-13-5-2-3-7-15(13)20/h2-3,5,7-9,11,16,21H,4,6,10,12,19H2,1H3. The summed E-state index contributed by atoms with van der Waals surface area (Å²) < 4.78 is 5.12. The van der Waals surface area contributed by atoms with Crippen LogP contribution in [0.3, 0.4) is 0 Å². The highest BCUT2D eigenvalue weighted by molar-refractivity contribution is 5.58. The number of hydrogen-bond acceptors (Lipinski definition) is 4. The van der Waals surface area contributed by atoms with E-state index in [1.807, 2.05) is 6.07 Å². The molecule has 22 heavy (non-hydrogen) atoms. The van der Waals surface area contributed by atoms with Crippen molar-refractivity contribution in [2.75, 3.05) is 25.1 Å². The van der Waals surface area contributed by atoms with Crippen LogP contribution in [0, 0.1) is 0 Å². The number of nitrogens with zero attached hydrogens (tertiary/aromatic N) is 1. The minimum Gasteiger partial charge on any atom is -0.504 e. The normalized spacial score (nSPS) is 15.3. The first-order chi connectivity index (χ1) is 10.7. The predicted molar refractivity (Wildman–Crippen MR) is 88.6 cm³/mol. The Balaban J connectivity index is 1.97. The Kier molecular flexibility index (Phi) is 4.20. The van der Waals surface area contributed by atoms with Crippen molar-refractivity contribution in [1.29, 1.82) is 0 Å². The van der Waals surface area contributed by atoms with Crippen molar-refractivity contribution in [1.82, 2.24) is 0 Å². The summed E-state index contributed by atoms with van der Waals surface area (Å²) >= 11 is 0. The topological polar surface area (TPSA) is 58.7 Å². The van der Waals surface area contributed by atoms with Crippen molar-refractivity contribution in [3.8, 4) is 11.5 Å². The Morgan fingerprint density at radius 2 is 2.09 bits per heavy atom.